The molecule has 0 radical (unpaired) electrons. The third-order valence-electron chi connectivity index (χ3n) is 1.86. The van der Waals surface area contributed by atoms with Crippen LogP contribution in [0.5, 0.6) is 0 Å². The van der Waals surface area contributed by atoms with Gasteiger partial charge in [0, 0.05) is 0 Å². The molecule has 0 aromatic carbocycles. The normalized spacial score (nSPS) is 11.5. The Morgan fingerprint density at radius 2 is 2.06 bits per heavy atom. The van der Waals surface area contributed by atoms with Gasteiger partial charge in [0.25, 0.3) is 0 Å². The molecule has 0 aliphatic heterocycles. The molecule has 0 amide bonds. The molecule has 90 valence electrons. The number of H-pyrrole nitrogens is 1. The molecule has 17 heavy (non-hydrogen) atoms. The summed E-state index contributed by atoms with van der Waals surface area (Å²) >= 11 is 0. The number of halogens is 3. The van der Waals surface area contributed by atoms with Gasteiger partial charge in [0.15, 0.2) is 5.69 Å². The van der Waals surface area contributed by atoms with Crippen molar-refractivity contribution in [3.05, 3.63) is 30.0 Å². The topological polar surface area (TPSA) is 79.4 Å². The van der Waals surface area contributed by atoms with E-state index in [-0.39, 0.29) is 12.4 Å². The SMILES string of the molecule is FC(F)(F)c1ccc(NCc2ncn[nH]2)nn1. The lowest BCUT2D eigenvalue weighted by molar-refractivity contribution is -0.141. The van der Waals surface area contributed by atoms with Crippen molar-refractivity contribution in [1.82, 2.24) is 25.4 Å². The number of rotatable bonds is 3. The number of nitrogens with one attached hydrogen (secondary N) is 2. The second-order valence-electron chi connectivity index (χ2n) is 3.09. The second kappa shape index (κ2) is 4.36. The first-order chi connectivity index (χ1) is 8.05. The van der Waals surface area contributed by atoms with E-state index < -0.39 is 11.9 Å². The highest BCUT2D eigenvalue weighted by molar-refractivity contribution is 5.33. The zero-order valence-electron chi connectivity index (χ0n) is 8.36. The van der Waals surface area contributed by atoms with Crippen molar-refractivity contribution >= 4 is 5.82 Å². The van der Waals surface area contributed by atoms with E-state index in [1.54, 1.807) is 0 Å². The van der Waals surface area contributed by atoms with Crippen molar-refractivity contribution in [3.63, 3.8) is 0 Å². The first kappa shape index (κ1) is 11.3. The Morgan fingerprint density at radius 3 is 2.59 bits per heavy atom. The van der Waals surface area contributed by atoms with Gasteiger partial charge in [0.1, 0.15) is 18.0 Å². The summed E-state index contributed by atoms with van der Waals surface area (Å²) in [5, 5.41) is 15.4. The van der Waals surface area contributed by atoms with Crippen molar-refractivity contribution in [2.75, 3.05) is 5.32 Å². The maximum atomic E-state index is 12.2. The zero-order chi connectivity index (χ0) is 12.3. The van der Waals surface area contributed by atoms with E-state index in [1.807, 2.05) is 0 Å². The van der Waals surface area contributed by atoms with Crippen LogP contribution in [0.1, 0.15) is 11.5 Å². The minimum Gasteiger partial charge on any atom is -0.361 e. The van der Waals surface area contributed by atoms with Crippen molar-refractivity contribution in [3.8, 4) is 0 Å². The number of anilines is 1. The molecular weight excluding hydrogens is 237 g/mol. The largest absolute Gasteiger partial charge is 0.435 e. The van der Waals surface area contributed by atoms with Crippen LogP contribution in [0.3, 0.4) is 0 Å². The van der Waals surface area contributed by atoms with Crippen LogP contribution >= 0.6 is 0 Å². The molecule has 0 bridgehead atoms. The lowest BCUT2D eigenvalue weighted by atomic mass is 10.4. The molecule has 0 fully saturated rings. The van der Waals surface area contributed by atoms with Crippen LogP contribution < -0.4 is 5.32 Å². The van der Waals surface area contributed by atoms with Gasteiger partial charge in [-0.2, -0.15) is 18.3 Å². The molecule has 0 atom stereocenters. The summed E-state index contributed by atoms with van der Waals surface area (Å²) in [5.74, 6) is 0.779. The first-order valence-electron chi connectivity index (χ1n) is 4.55. The van der Waals surface area contributed by atoms with E-state index in [0.29, 0.717) is 5.82 Å². The molecule has 0 unspecified atom stereocenters. The Labute approximate surface area is 93.3 Å². The van der Waals surface area contributed by atoms with Crippen molar-refractivity contribution in [2.24, 2.45) is 0 Å². The van der Waals surface area contributed by atoms with E-state index in [1.165, 1.54) is 12.4 Å². The summed E-state index contributed by atoms with van der Waals surface area (Å²) in [6.07, 6.45) is -3.15. The Bertz CT molecular complexity index is 463. The van der Waals surface area contributed by atoms with Gasteiger partial charge in [0.2, 0.25) is 0 Å². The average molecular weight is 244 g/mol. The van der Waals surface area contributed by atoms with E-state index in [2.05, 4.69) is 30.7 Å². The molecule has 0 spiro atoms. The van der Waals surface area contributed by atoms with Crippen molar-refractivity contribution in [1.29, 1.82) is 0 Å². The maximum Gasteiger partial charge on any atom is 0.435 e. The molecule has 0 saturated carbocycles. The van der Waals surface area contributed by atoms with Crippen LogP contribution in [0.4, 0.5) is 19.0 Å². The first-order valence-corrected chi connectivity index (χ1v) is 4.55. The summed E-state index contributed by atoms with van der Waals surface area (Å²) in [7, 11) is 0. The van der Waals surface area contributed by atoms with E-state index in [4.69, 9.17) is 0 Å². The van der Waals surface area contributed by atoms with Crippen LogP contribution in [-0.4, -0.2) is 25.4 Å². The standard InChI is InChI=1S/C8H7F3N6/c9-8(10,11)5-1-2-6(17-15-5)12-3-7-13-4-14-16-7/h1-2,4H,3H2,(H,12,17)(H,13,14,16). The predicted octanol–water partition coefficient (Wildman–Crippen LogP) is 1.23. The Kier molecular flexibility index (Phi) is 2.90. The molecule has 2 aromatic rings. The van der Waals surface area contributed by atoms with Gasteiger partial charge < -0.3 is 5.32 Å². The van der Waals surface area contributed by atoms with Crippen molar-refractivity contribution in [2.45, 2.75) is 12.7 Å². The molecule has 2 heterocycles. The fraction of sp³-hybridized carbons (Fsp3) is 0.250. The predicted molar refractivity (Wildman–Crippen MR) is 50.7 cm³/mol. The van der Waals surface area contributed by atoms with Gasteiger partial charge in [-0.1, -0.05) is 0 Å². The fourth-order valence-corrected chi connectivity index (χ4v) is 1.07. The number of hydrogen-bond donors (Lipinski definition) is 2. The zero-order valence-corrected chi connectivity index (χ0v) is 8.36. The highest BCUT2D eigenvalue weighted by Gasteiger charge is 2.32. The monoisotopic (exact) mass is 244 g/mol. The van der Waals surface area contributed by atoms with Crippen LogP contribution in [0.25, 0.3) is 0 Å². The minimum atomic E-state index is -4.48. The van der Waals surface area contributed by atoms with Gasteiger partial charge in [-0.3, -0.25) is 5.10 Å². The third kappa shape index (κ3) is 2.89. The number of aromatic amines is 1. The van der Waals surface area contributed by atoms with Gasteiger partial charge in [-0.25, -0.2) is 4.98 Å². The van der Waals surface area contributed by atoms with Gasteiger partial charge >= 0.3 is 6.18 Å². The minimum absolute atomic E-state index is 0.231. The highest BCUT2D eigenvalue weighted by Crippen LogP contribution is 2.26. The molecule has 2 aromatic heterocycles. The molecule has 0 saturated heterocycles. The van der Waals surface area contributed by atoms with Gasteiger partial charge in [-0.05, 0) is 12.1 Å². The number of alkyl halides is 3. The number of aromatic nitrogens is 5. The number of hydrogen-bond acceptors (Lipinski definition) is 5. The summed E-state index contributed by atoms with van der Waals surface area (Å²) in [5.41, 5.74) is -1.03. The molecule has 6 nitrogen and oxygen atoms in total. The fourth-order valence-electron chi connectivity index (χ4n) is 1.07. The summed E-state index contributed by atoms with van der Waals surface area (Å²) in [6.45, 7) is 0.278. The number of nitrogens with zero attached hydrogens (tertiary/aromatic N) is 4. The Balaban J connectivity index is 1.99. The highest BCUT2D eigenvalue weighted by atomic mass is 19.4. The van der Waals surface area contributed by atoms with Crippen LogP contribution in [-0.2, 0) is 12.7 Å². The summed E-state index contributed by atoms with van der Waals surface area (Å²) in [4.78, 5) is 3.83. The van der Waals surface area contributed by atoms with Gasteiger partial charge in [0.05, 0.1) is 6.54 Å². The lowest BCUT2D eigenvalue weighted by Crippen LogP contribution is -2.10. The third-order valence-corrected chi connectivity index (χ3v) is 1.86. The molecule has 2 N–H and O–H groups in total. The van der Waals surface area contributed by atoms with Crippen molar-refractivity contribution < 1.29 is 13.2 Å². The van der Waals surface area contributed by atoms with E-state index in [9.17, 15) is 13.2 Å². The molecular formula is C8H7F3N6. The Morgan fingerprint density at radius 1 is 1.24 bits per heavy atom. The average Bonchev–Trinajstić information content (AvgIpc) is 2.78. The summed E-state index contributed by atoms with van der Waals surface area (Å²) in [6, 6.07) is 2.06. The lowest BCUT2D eigenvalue weighted by Gasteiger charge is -2.06. The van der Waals surface area contributed by atoms with E-state index in [0.717, 1.165) is 6.07 Å². The molecule has 0 aliphatic rings. The molecule has 9 heteroatoms. The second-order valence-corrected chi connectivity index (χ2v) is 3.09. The quantitative estimate of drug-likeness (QED) is 0.848. The van der Waals surface area contributed by atoms with Gasteiger partial charge in [-0.15, -0.1) is 10.2 Å². The molecule has 0 aliphatic carbocycles. The van der Waals surface area contributed by atoms with Crippen LogP contribution in [0.15, 0.2) is 18.5 Å². The molecule has 2 rings (SSSR count). The van der Waals surface area contributed by atoms with E-state index >= 15 is 0 Å². The van der Waals surface area contributed by atoms with Crippen LogP contribution in [0, 0.1) is 0 Å². The maximum absolute atomic E-state index is 12.2. The summed E-state index contributed by atoms with van der Waals surface area (Å²) < 4.78 is 36.5. The van der Waals surface area contributed by atoms with Crippen LogP contribution in [0.2, 0.25) is 0 Å². The smallest absolute Gasteiger partial charge is 0.361 e. The Hall–Kier alpha value is -2.19.